The summed E-state index contributed by atoms with van der Waals surface area (Å²) >= 11 is 5.80. The maximum Gasteiger partial charge on any atom is 0.241 e. The number of carbonyl (C=O) groups excluding carboxylic acids is 1. The van der Waals surface area contributed by atoms with Crippen molar-refractivity contribution in [3.63, 3.8) is 0 Å². The number of nitrogens with one attached hydrogen (secondary N) is 1. The van der Waals surface area contributed by atoms with Gasteiger partial charge in [-0.25, -0.2) is 8.42 Å². The van der Waals surface area contributed by atoms with Gasteiger partial charge in [-0.3, -0.25) is 9.69 Å². The summed E-state index contributed by atoms with van der Waals surface area (Å²) in [5.41, 5.74) is 1.24. The molecule has 6 nitrogen and oxygen atoms in total. The summed E-state index contributed by atoms with van der Waals surface area (Å²) in [6.07, 6.45) is 0. The Labute approximate surface area is 171 Å². The molecule has 0 bridgehead atoms. The summed E-state index contributed by atoms with van der Waals surface area (Å²) in [4.78, 5) is 16.8. The second-order valence-corrected chi connectivity index (χ2v) is 9.03. The summed E-state index contributed by atoms with van der Waals surface area (Å²) < 4.78 is 27.4. The molecule has 1 fully saturated rings. The van der Waals surface area contributed by atoms with Crippen LogP contribution in [0.15, 0.2) is 59.5 Å². The van der Waals surface area contributed by atoms with Crippen LogP contribution in [0, 0.1) is 0 Å². The molecule has 1 saturated heterocycles. The Hall–Kier alpha value is -1.93. The highest BCUT2D eigenvalue weighted by Crippen LogP contribution is 2.15. The van der Waals surface area contributed by atoms with Crippen molar-refractivity contribution in [3.05, 3.63) is 65.2 Å². The number of hydrogen-bond acceptors (Lipinski definition) is 4. The van der Waals surface area contributed by atoms with Gasteiger partial charge >= 0.3 is 0 Å². The summed E-state index contributed by atoms with van der Waals surface area (Å²) in [5, 5.41) is 0.455. The van der Waals surface area contributed by atoms with E-state index in [0.717, 1.165) is 19.6 Å². The molecule has 150 valence electrons. The van der Waals surface area contributed by atoms with Gasteiger partial charge in [-0.05, 0) is 36.8 Å². The molecular weight excluding hydrogens is 398 g/mol. The molecule has 0 radical (unpaired) electrons. The molecule has 0 aromatic heterocycles. The van der Waals surface area contributed by atoms with Crippen LogP contribution in [0.4, 0.5) is 0 Å². The molecule has 1 N–H and O–H groups in total. The zero-order chi connectivity index (χ0) is 20.1. The first-order valence-corrected chi connectivity index (χ1v) is 11.0. The minimum absolute atomic E-state index is 0.0873. The first kappa shape index (κ1) is 20.8. The number of sulfonamides is 1. The largest absolute Gasteiger partial charge is 0.339 e. The van der Waals surface area contributed by atoms with E-state index in [2.05, 4.69) is 21.8 Å². The van der Waals surface area contributed by atoms with Crippen LogP contribution in [-0.4, -0.2) is 56.3 Å². The molecule has 2 aromatic carbocycles. The van der Waals surface area contributed by atoms with E-state index in [1.54, 1.807) is 11.8 Å². The highest BCUT2D eigenvalue weighted by molar-refractivity contribution is 7.89. The third-order valence-corrected chi connectivity index (χ3v) is 6.57. The minimum atomic E-state index is -3.78. The fourth-order valence-corrected chi connectivity index (χ4v) is 4.53. The molecule has 0 aliphatic carbocycles. The zero-order valence-corrected chi connectivity index (χ0v) is 17.3. The summed E-state index contributed by atoms with van der Waals surface area (Å²) in [7, 11) is -3.78. The Morgan fingerprint density at radius 3 is 2.25 bits per heavy atom. The van der Waals surface area contributed by atoms with Gasteiger partial charge in [0.15, 0.2) is 0 Å². The lowest BCUT2D eigenvalue weighted by Crippen LogP contribution is -2.53. The van der Waals surface area contributed by atoms with Crippen molar-refractivity contribution in [2.45, 2.75) is 24.4 Å². The van der Waals surface area contributed by atoms with Gasteiger partial charge in [-0.15, -0.1) is 0 Å². The van der Waals surface area contributed by atoms with Crippen molar-refractivity contribution >= 4 is 27.5 Å². The molecule has 1 aliphatic heterocycles. The molecule has 0 saturated carbocycles. The first-order chi connectivity index (χ1) is 13.3. The minimum Gasteiger partial charge on any atom is -0.339 e. The maximum absolute atomic E-state index is 12.7. The van der Waals surface area contributed by atoms with Crippen molar-refractivity contribution in [2.75, 3.05) is 26.2 Å². The quantitative estimate of drug-likeness (QED) is 0.777. The van der Waals surface area contributed by atoms with E-state index in [1.807, 2.05) is 18.2 Å². The van der Waals surface area contributed by atoms with Gasteiger partial charge in [-0.1, -0.05) is 41.9 Å². The summed E-state index contributed by atoms with van der Waals surface area (Å²) in [6.45, 7) is 5.11. The Balaban J connectivity index is 1.53. The van der Waals surface area contributed by atoms with Gasteiger partial charge in [0, 0.05) is 37.7 Å². The highest BCUT2D eigenvalue weighted by Gasteiger charge is 2.28. The van der Waals surface area contributed by atoms with Crippen LogP contribution < -0.4 is 4.72 Å². The fraction of sp³-hybridized carbons (Fsp3) is 0.350. The standard InChI is InChI=1S/C20H24ClN3O3S/c1-16(22-28(26,27)19-9-7-18(21)8-10-19)20(25)24-13-11-23(12-14-24)15-17-5-3-2-4-6-17/h2-10,16,22H,11-15H2,1H3. The molecule has 8 heteroatoms. The van der Waals surface area contributed by atoms with Crippen molar-refractivity contribution in [3.8, 4) is 0 Å². The Bertz CT molecular complexity index is 896. The van der Waals surface area contributed by atoms with Gasteiger partial charge in [0.05, 0.1) is 10.9 Å². The topological polar surface area (TPSA) is 69.7 Å². The fourth-order valence-electron chi connectivity index (χ4n) is 3.21. The number of carbonyl (C=O) groups is 1. The third kappa shape index (κ3) is 5.32. The normalized spacial score (nSPS) is 16.7. The predicted octanol–water partition coefficient (Wildman–Crippen LogP) is 2.35. The van der Waals surface area contributed by atoms with Crippen LogP contribution in [0.2, 0.25) is 5.02 Å². The molecule has 28 heavy (non-hydrogen) atoms. The highest BCUT2D eigenvalue weighted by atomic mass is 35.5. The number of rotatable bonds is 6. The van der Waals surface area contributed by atoms with E-state index in [1.165, 1.54) is 29.8 Å². The van der Waals surface area contributed by atoms with Crippen molar-refractivity contribution in [1.29, 1.82) is 0 Å². The van der Waals surface area contributed by atoms with Crippen molar-refractivity contribution < 1.29 is 13.2 Å². The molecule has 2 aromatic rings. The van der Waals surface area contributed by atoms with Gasteiger partial charge in [-0.2, -0.15) is 4.72 Å². The lowest BCUT2D eigenvalue weighted by molar-refractivity contribution is -0.134. The lowest BCUT2D eigenvalue weighted by Gasteiger charge is -2.36. The van der Waals surface area contributed by atoms with Gasteiger partial charge < -0.3 is 4.90 Å². The average molecular weight is 422 g/mol. The smallest absolute Gasteiger partial charge is 0.241 e. The summed E-state index contributed by atoms with van der Waals surface area (Å²) in [5.74, 6) is -0.211. The predicted molar refractivity (Wildman–Crippen MR) is 110 cm³/mol. The van der Waals surface area contributed by atoms with Crippen molar-refractivity contribution in [2.24, 2.45) is 0 Å². The van der Waals surface area contributed by atoms with E-state index in [9.17, 15) is 13.2 Å². The monoisotopic (exact) mass is 421 g/mol. The third-order valence-electron chi connectivity index (χ3n) is 4.76. The molecule has 1 amide bonds. The van der Waals surface area contributed by atoms with E-state index in [4.69, 9.17) is 11.6 Å². The molecule has 1 atom stereocenters. The SMILES string of the molecule is CC(NS(=O)(=O)c1ccc(Cl)cc1)C(=O)N1CCN(Cc2ccccc2)CC1. The Morgan fingerprint density at radius 2 is 1.64 bits per heavy atom. The van der Waals surface area contributed by atoms with Crippen LogP contribution in [0.5, 0.6) is 0 Å². The van der Waals surface area contributed by atoms with Crippen LogP contribution in [-0.2, 0) is 21.4 Å². The average Bonchev–Trinajstić information content (AvgIpc) is 2.69. The molecule has 3 rings (SSSR count). The van der Waals surface area contributed by atoms with Crippen LogP contribution in [0.3, 0.4) is 0 Å². The number of amides is 1. The number of halogens is 1. The Kier molecular flexibility index (Phi) is 6.72. The van der Waals surface area contributed by atoms with E-state index >= 15 is 0 Å². The zero-order valence-electron chi connectivity index (χ0n) is 15.7. The van der Waals surface area contributed by atoms with Crippen molar-refractivity contribution in [1.82, 2.24) is 14.5 Å². The van der Waals surface area contributed by atoms with E-state index in [-0.39, 0.29) is 10.8 Å². The van der Waals surface area contributed by atoms with Crippen LogP contribution in [0.1, 0.15) is 12.5 Å². The maximum atomic E-state index is 12.7. The molecule has 1 aliphatic rings. The van der Waals surface area contributed by atoms with Gasteiger partial charge in [0.2, 0.25) is 15.9 Å². The molecule has 1 unspecified atom stereocenters. The number of hydrogen-bond donors (Lipinski definition) is 1. The second kappa shape index (κ2) is 9.05. The van der Waals surface area contributed by atoms with Gasteiger partial charge in [0.1, 0.15) is 0 Å². The van der Waals surface area contributed by atoms with Gasteiger partial charge in [0.25, 0.3) is 0 Å². The number of piperazine rings is 1. The van der Waals surface area contributed by atoms with Crippen LogP contribution >= 0.6 is 11.6 Å². The number of benzene rings is 2. The molecule has 0 spiro atoms. The second-order valence-electron chi connectivity index (χ2n) is 6.88. The molecular formula is C20H24ClN3O3S. The van der Waals surface area contributed by atoms with E-state index < -0.39 is 16.1 Å². The van der Waals surface area contributed by atoms with E-state index in [0.29, 0.717) is 18.1 Å². The van der Waals surface area contributed by atoms with Crippen LogP contribution in [0.25, 0.3) is 0 Å². The first-order valence-electron chi connectivity index (χ1n) is 9.18. The number of nitrogens with zero attached hydrogens (tertiary/aromatic N) is 2. The summed E-state index contributed by atoms with van der Waals surface area (Å²) in [6, 6.07) is 15.2. The molecule has 1 heterocycles. The lowest BCUT2D eigenvalue weighted by atomic mass is 10.2. The Morgan fingerprint density at radius 1 is 1.04 bits per heavy atom.